The highest BCUT2D eigenvalue weighted by atomic mass is 33.1. The van der Waals surface area contributed by atoms with Crippen molar-refractivity contribution in [2.24, 2.45) is 0 Å². The molecule has 0 aromatic heterocycles. The summed E-state index contributed by atoms with van der Waals surface area (Å²) < 4.78 is 33.5. The third-order valence-corrected chi connectivity index (χ3v) is 12.4. The van der Waals surface area contributed by atoms with Gasteiger partial charge in [-0.2, -0.15) is 0 Å². The lowest BCUT2D eigenvalue weighted by atomic mass is 9.96. The second-order valence-electron chi connectivity index (χ2n) is 13.1. The van der Waals surface area contributed by atoms with Crippen molar-refractivity contribution in [1.82, 2.24) is 0 Å². The monoisotopic (exact) mass is 783 g/mol. The maximum atomic E-state index is 12.4. The van der Waals surface area contributed by atoms with Crippen LogP contribution < -0.4 is 10.1 Å². The first kappa shape index (κ1) is 41.7. The highest BCUT2D eigenvalue weighted by Crippen LogP contribution is 2.40. The molecule has 5 rings (SSSR count). The molecule has 20 heteroatoms. The molecule has 4 aliphatic heterocycles. The van der Waals surface area contributed by atoms with Crippen LogP contribution >= 0.6 is 21.6 Å². The van der Waals surface area contributed by atoms with Gasteiger partial charge in [0.25, 0.3) is 0 Å². The summed E-state index contributed by atoms with van der Waals surface area (Å²) in [6, 6.07) is 6.24. The zero-order valence-electron chi connectivity index (χ0n) is 28.1. The standard InChI is InChI=1S/C32H49NO17S2/c34-11-17-21(38)22(39)25(42)31(46-17)49-29-19(13-36)48-32(27(44)24(29)41)50-28-18(12-35)47-30(26(43)23(28)40)45-15-7-5-14(6-8-15)33-20(37)4-2-1-3-16-9-10-51-52-16/h5-8,16-19,21-32,34-36,38-44H,1-4,9-13H2,(H,33,37)/t16?,17-,18-,19-,21+,22+,23-,24-,25-,26-,27-,28-,29+,30-,31-,32+/m1/s1. The molecule has 4 heterocycles. The van der Waals surface area contributed by atoms with Crippen LogP contribution in [0, 0.1) is 0 Å². The molecule has 4 saturated heterocycles. The molecule has 18 nitrogen and oxygen atoms in total. The smallest absolute Gasteiger partial charge is 0.229 e. The minimum absolute atomic E-state index is 0.116. The van der Waals surface area contributed by atoms with E-state index in [-0.39, 0.29) is 11.7 Å². The van der Waals surface area contributed by atoms with Gasteiger partial charge < -0.3 is 84.8 Å². The second kappa shape index (κ2) is 19.4. The SMILES string of the molecule is O=C(CCCCC1CCSS1)Nc1ccc(O[C@@H]2O[C@H](CO)[C@@H](O[C@@H]3O[C@H](CO)[C@H](O[C@H]4O[C@H](CO)[C@H](O)[C@H](O)[C@H]4O)[C@H](O)[C@H]3O)[C@H](O)[C@H]2O)cc1. The number of amides is 1. The number of unbranched alkanes of at least 4 members (excludes halogenated alkanes) is 1. The van der Waals surface area contributed by atoms with Gasteiger partial charge in [-0.3, -0.25) is 4.79 Å². The zero-order chi connectivity index (χ0) is 37.5. The van der Waals surface area contributed by atoms with Crippen LogP contribution in [0.1, 0.15) is 32.1 Å². The first-order chi connectivity index (χ1) is 24.9. The molecular weight excluding hydrogens is 734 g/mol. The Hall–Kier alpha value is -1.41. The fourth-order valence-electron chi connectivity index (χ4n) is 6.34. The van der Waals surface area contributed by atoms with Crippen molar-refractivity contribution < 1.29 is 84.3 Å². The first-order valence-electron chi connectivity index (χ1n) is 17.2. The van der Waals surface area contributed by atoms with E-state index in [0.717, 1.165) is 19.3 Å². The van der Waals surface area contributed by atoms with Crippen molar-refractivity contribution in [1.29, 1.82) is 0 Å². The van der Waals surface area contributed by atoms with E-state index in [1.807, 2.05) is 21.6 Å². The van der Waals surface area contributed by atoms with Gasteiger partial charge in [0.2, 0.25) is 12.2 Å². The summed E-state index contributed by atoms with van der Waals surface area (Å²) in [5, 5.41) is 107. The quantitative estimate of drug-likeness (QED) is 0.0631. The summed E-state index contributed by atoms with van der Waals surface area (Å²) in [6.07, 6.45) is -20.5. The van der Waals surface area contributed by atoms with Crippen molar-refractivity contribution >= 4 is 33.2 Å². The molecule has 1 aromatic carbocycles. The van der Waals surface area contributed by atoms with E-state index in [2.05, 4.69) is 5.32 Å². The number of ether oxygens (including phenoxy) is 6. The molecule has 0 bridgehead atoms. The minimum atomic E-state index is -1.94. The lowest BCUT2D eigenvalue weighted by molar-refractivity contribution is -0.376. The van der Waals surface area contributed by atoms with E-state index in [9.17, 15) is 55.9 Å². The minimum Gasteiger partial charge on any atom is -0.462 e. The number of aliphatic hydroxyl groups is 10. The molecule has 4 aliphatic rings. The van der Waals surface area contributed by atoms with Crippen LogP contribution in [0.15, 0.2) is 24.3 Å². The summed E-state index contributed by atoms with van der Waals surface area (Å²) in [5.74, 6) is 1.27. The van der Waals surface area contributed by atoms with Gasteiger partial charge in [-0.1, -0.05) is 28.0 Å². The molecule has 4 fully saturated rings. The van der Waals surface area contributed by atoms with Crippen molar-refractivity contribution in [2.45, 2.75) is 129 Å². The number of benzene rings is 1. The van der Waals surface area contributed by atoms with Crippen molar-refractivity contribution in [3.8, 4) is 5.75 Å². The maximum absolute atomic E-state index is 12.4. The Kier molecular flexibility index (Phi) is 15.6. The molecule has 1 aromatic rings. The lowest BCUT2D eigenvalue weighted by Crippen LogP contribution is -2.66. The Morgan fingerprint density at radius 1 is 0.692 bits per heavy atom. The van der Waals surface area contributed by atoms with Crippen molar-refractivity contribution in [3.05, 3.63) is 24.3 Å². The Morgan fingerprint density at radius 3 is 1.79 bits per heavy atom. The number of hydrogen-bond donors (Lipinski definition) is 11. The van der Waals surface area contributed by atoms with Crippen LogP contribution in [0.4, 0.5) is 5.69 Å². The van der Waals surface area contributed by atoms with Gasteiger partial charge in [-0.25, -0.2) is 0 Å². The normalized spacial score (nSPS) is 41.1. The van der Waals surface area contributed by atoms with Crippen LogP contribution in [0.25, 0.3) is 0 Å². The van der Waals surface area contributed by atoms with Gasteiger partial charge in [0.15, 0.2) is 12.6 Å². The Labute approximate surface area is 307 Å². The fraction of sp³-hybridized carbons (Fsp3) is 0.781. The topological polar surface area (TPSA) is 287 Å². The van der Waals surface area contributed by atoms with Crippen LogP contribution in [-0.2, 0) is 28.5 Å². The molecule has 1 unspecified atom stereocenters. The fourth-order valence-corrected chi connectivity index (χ4v) is 9.36. The van der Waals surface area contributed by atoms with Gasteiger partial charge in [-0.05, 0) is 43.5 Å². The number of carbonyl (C=O) groups is 1. The average Bonchev–Trinajstić information content (AvgIpc) is 3.67. The number of nitrogens with one attached hydrogen (secondary N) is 1. The molecule has 52 heavy (non-hydrogen) atoms. The largest absolute Gasteiger partial charge is 0.462 e. The van der Waals surface area contributed by atoms with E-state index in [4.69, 9.17) is 28.4 Å². The zero-order valence-corrected chi connectivity index (χ0v) is 29.7. The Bertz CT molecular complexity index is 1240. The van der Waals surface area contributed by atoms with Crippen LogP contribution in [0.5, 0.6) is 5.75 Å². The van der Waals surface area contributed by atoms with Gasteiger partial charge >= 0.3 is 0 Å². The molecule has 16 atom stereocenters. The van der Waals surface area contributed by atoms with E-state index in [1.54, 1.807) is 12.1 Å². The Morgan fingerprint density at radius 2 is 1.23 bits per heavy atom. The molecule has 296 valence electrons. The van der Waals surface area contributed by atoms with Gasteiger partial charge in [0.05, 0.1) is 19.8 Å². The number of hydrogen-bond acceptors (Lipinski definition) is 19. The maximum Gasteiger partial charge on any atom is 0.229 e. The van der Waals surface area contributed by atoms with E-state index in [1.165, 1.54) is 24.3 Å². The third-order valence-electron chi connectivity index (χ3n) is 9.37. The number of carbonyl (C=O) groups excluding carboxylic acids is 1. The Balaban J connectivity index is 1.13. The van der Waals surface area contributed by atoms with Gasteiger partial charge in [-0.15, -0.1) is 0 Å². The first-order valence-corrected chi connectivity index (χ1v) is 19.5. The second-order valence-corrected chi connectivity index (χ2v) is 15.9. The number of aliphatic hydroxyl groups excluding tert-OH is 10. The highest BCUT2D eigenvalue weighted by molar-refractivity contribution is 8.77. The van der Waals surface area contributed by atoms with Crippen LogP contribution in [0.2, 0.25) is 0 Å². The predicted molar refractivity (Wildman–Crippen MR) is 182 cm³/mol. The lowest BCUT2D eigenvalue weighted by Gasteiger charge is -2.48. The molecule has 0 radical (unpaired) electrons. The number of rotatable bonds is 15. The summed E-state index contributed by atoms with van der Waals surface area (Å²) in [6.45, 7) is -2.34. The van der Waals surface area contributed by atoms with Crippen LogP contribution in [-0.4, -0.2) is 180 Å². The molecular formula is C32H49NO17S2. The summed E-state index contributed by atoms with van der Waals surface area (Å²) >= 11 is 0. The van der Waals surface area contributed by atoms with E-state index in [0.29, 0.717) is 17.4 Å². The molecule has 0 aliphatic carbocycles. The van der Waals surface area contributed by atoms with Gasteiger partial charge in [0.1, 0.15) is 79.0 Å². The summed E-state index contributed by atoms with van der Waals surface area (Å²) in [7, 11) is 3.82. The molecule has 0 saturated carbocycles. The van der Waals surface area contributed by atoms with E-state index < -0.39 is 112 Å². The van der Waals surface area contributed by atoms with Crippen molar-refractivity contribution in [2.75, 3.05) is 30.9 Å². The third kappa shape index (κ3) is 10.1. The van der Waals surface area contributed by atoms with Gasteiger partial charge in [0, 0.05) is 23.1 Å². The van der Waals surface area contributed by atoms with Crippen molar-refractivity contribution in [3.63, 3.8) is 0 Å². The van der Waals surface area contributed by atoms with E-state index >= 15 is 0 Å². The summed E-state index contributed by atoms with van der Waals surface area (Å²) in [5.41, 5.74) is 0.530. The predicted octanol–water partition coefficient (Wildman–Crippen LogP) is -2.83. The van der Waals surface area contributed by atoms with Crippen LogP contribution in [0.3, 0.4) is 0 Å². The molecule has 0 spiro atoms. The number of anilines is 1. The summed E-state index contributed by atoms with van der Waals surface area (Å²) in [4.78, 5) is 12.4. The average molecular weight is 784 g/mol. The highest BCUT2D eigenvalue weighted by Gasteiger charge is 2.53. The molecule has 1 amide bonds. The molecule has 11 N–H and O–H groups in total.